The number of rotatable bonds is 2. The third-order valence-electron chi connectivity index (χ3n) is 4.61. The molecule has 1 aromatic heterocycles. The van der Waals surface area contributed by atoms with Gasteiger partial charge >= 0.3 is 0 Å². The smallest absolute Gasteiger partial charge is 0.213 e. The summed E-state index contributed by atoms with van der Waals surface area (Å²) in [7, 11) is -1.000. The third kappa shape index (κ3) is 2.67. The first-order chi connectivity index (χ1) is 12.2. The van der Waals surface area contributed by atoms with E-state index in [0.717, 1.165) is 23.0 Å². The van der Waals surface area contributed by atoms with Crippen LogP contribution in [0.4, 0.5) is 0 Å². The average molecular weight is 348 g/mol. The fraction of sp³-hybridized carbons (Fsp3) is 0.182. The predicted molar refractivity (Wildman–Crippen MR) is 109 cm³/mol. The number of allylic oxidation sites excluding steroid dienone is 1. The van der Waals surface area contributed by atoms with Gasteiger partial charge in [0.1, 0.15) is 11.2 Å². The van der Waals surface area contributed by atoms with Gasteiger partial charge in [0.05, 0.1) is 0 Å². The van der Waals surface area contributed by atoms with Crippen LogP contribution in [0.3, 0.4) is 0 Å². The van der Waals surface area contributed by atoms with Gasteiger partial charge in [-0.1, -0.05) is 55.5 Å². The van der Waals surface area contributed by atoms with Crippen LogP contribution in [0.1, 0.15) is 25.0 Å². The molecule has 0 N–H and O–H groups in total. The predicted octanol–water partition coefficient (Wildman–Crippen LogP) is 7.58. The monoisotopic (exact) mass is 348 g/mol. The Morgan fingerprint density at radius 1 is 0.920 bits per heavy atom. The molecule has 25 heavy (non-hydrogen) atoms. The molecule has 1 heterocycles. The molecule has 1 atom stereocenters. The first-order valence-corrected chi connectivity index (χ1v) is 10.3. The van der Waals surface area contributed by atoms with Crippen molar-refractivity contribution in [2.75, 3.05) is 0 Å². The Morgan fingerprint density at radius 3 is 2.40 bits per heavy atom. The molecule has 0 aliphatic heterocycles. The van der Waals surface area contributed by atoms with Crippen LogP contribution in [-0.4, -0.2) is 0 Å². The zero-order chi connectivity index (χ0) is 17.4. The lowest BCUT2D eigenvalue weighted by atomic mass is 9.95. The minimum Gasteiger partial charge on any atom is -0.419 e. The van der Waals surface area contributed by atoms with E-state index in [1.54, 1.807) is 0 Å². The Bertz CT molecular complexity index is 1150. The topological polar surface area (TPSA) is 26.3 Å². The molecule has 0 saturated carbocycles. The molecule has 0 radical (unpaired) electrons. The summed E-state index contributed by atoms with van der Waals surface area (Å²) in [5.74, 6) is 0. The van der Waals surface area contributed by atoms with Crippen molar-refractivity contribution in [3.05, 3.63) is 65.7 Å². The van der Waals surface area contributed by atoms with Crippen LogP contribution >= 0.6 is 8.01 Å². The lowest BCUT2D eigenvalue weighted by molar-refractivity contribution is 0.644. The minimum atomic E-state index is -1.000. The van der Waals surface area contributed by atoms with Gasteiger partial charge in [-0.15, -0.1) is 0 Å². The van der Waals surface area contributed by atoms with Crippen molar-refractivity contribution in [2.45, 2.75) is 20.3 Å². The van der Waals surface area contributed by atoms with Gasteiger partial charge in [0, 0.05) is 17.4 Å². The number of fused-ring (bicyclic) bond motifs is 5. The highest BCUT2D eigenvalue weighted by molar-refractivity contribution is 7.35. The van der Waals surface area contributed by atoms with Crippen LogP contribution in [0, 0.1) is 0 Å². The highest BCUT2D eigenvalue weighted by Gasteiger charge is 2.13. The van der Waals surface area contributed by atoms with Crippen molar-refractivity contribution in [3.63, 3.8) is 0 Å². The second-order valence-corrected chi connectivity index (χ2v) is 7.39. The Kier molecular flexibility index (Phi) is 4.15. The molecule has 4 aromatic rings. The fourth-order valence-electron chi connectivity index (χ4n) is 3.59. The van der Waals surface area contributed by atoms with Crippen LogP contribution in [0.5, 0.6) is 0 Å². The molecule has 126 valence electrons. The van der Waals surface area contributed by atoms with Crippen LogP contribution in [0.25, 0.3) is 38.8 Å². The van der Waals surface area contributed by atoms with Gasteiger partial charge in [-0.2, -0.15) is 0 Å². The molecule has 1 unspecified atom stereocenters. The van der Waals surface area contributed by atoms with Gasteiger partial charge in [0.2, 0.25) is 8.01 Å². The summed E-state index contributed by atoms with van der Waals surface area (Å²) in [6, 6.07) is 16.9. The van der Waals surface area contributed by atoms with E-state index >= 15 is 0 Å². The Hall–Kier alpha value is -2.44. The summed E-state index contributed by atoms with van der Waals surface area (Å²) in [4.78, 5) is 0. The van der Waals surface area contributed by atoms with Gasteiger partial charge in [0.15, 0.2) is 0 Å². The molecular formula is C22H21O2P. The molecule has 0 fully saturated rings. The quantitative estimate of drug-likeness (QED) is 0.373. The summed E-state index contributed by atoms with van der Waals surface area (Å²) in [6.07, 6.45) is 5.20. The van der Waals surface area contributed by atoms with Crippen molar-refractivity contribution < 1.29 is 8.39 Å². The van der Waals surface area contributed by atoms with Crippen LogP contribution in [-0.2, 0) is 13.1 Å². The highest BCUT2D eigenvalue weighted by atomic mass is 31.1. The van der Waals surface area contributed by atoms with E-state index in [2.05, 4.69) is 74.5 Å². The van der Waals surface area contributed by atoms with Gasteiger partial charge in [-0.05, 0) is 47.4 Å². The van der Waals surface area contributed by atoms with Crippen molar-refractivity contribution in [3.8, 4) is 0 Å². The van der Waals surface area contributed by atoms with Gasteiger partial charge < -0.3 is 8.39 Å². The summed E-state index contributed by atoms with van der Waals surface area (Å²) in [6.45, 7) is 6.27. The molecule has 0 spiro atoms. The molecule has 2 nitrogen and oxygen atoms in total. The second-order valence-electron chi connectivity index (χ2n) is 6.14. The molecule has 0 bridgehead atoms. The van der Waals surface area contributed by atoms with E-state index in [1.807, 2.05) is 6.66 Å². The molecule has 4 rings (SSSR count). The van der Waals surface area contributed by atoms with Crippen LogP contribution in [0.2, 0.25) is 0 Å². The Labute approximate surface area is 148 Å². The first-order valence-electron chi connectivity index (χ1n) is 8.63. The van der Waals surface area contributed by atoms with Crippen molar-refractivity contribution in [2.24, 2.45) is 6.66 Å². The molecule has 0 saturated heterocycles. The third-order valence-corrected chi connectivity index (χ3v) is 5.51. The van der Waals surface area contributed by atoms with Crippen LogP contribution < -0.4 is 0 Å². The van der Waals surface area contributed by atoms with E-state index in [-0.39, 0.29) is 0 Å². The maximum atomic E-state index is 6.18. The first kappa shape index (κ1) is 16.1. The van der Waals surface area contributed by atoms with Crippen molar-refractivity contribution in [1.82, 2.24) is 0 Å². The number of hydrogen-bond donors (Lipinski definition) is 0. The van der Waals surface area contributed by atoms with Crippen molar-refractivity contribution in [1.29, 1.82) is 0 Å². The molecular weight excluding hydrogens is 327 g/mol. The molecule has 0 aliphatic rings. The van der Waals surface area contributed by atoms with E-state index in [1.165, 1.54) is 27.3 Å². The minimum absolute atomic E-state index is 0.915. The molecule has 3 heteroatoms. The van der Waals surface area contributed by atoms with E-state index in [0.29, 0.717) is 0 Å². The molecule has 0 aliphatic carbocycles. The van der Waals surface area contributed by atoms with Gasteiger partial charge in [-0.3, -0.25) is 0 Å². The number of benzene rings is 3. The lowest BCUT2D eigenvalue weighted by Crippen LogP contribution is -1.89. The molecule has 0 amide bonds. The summed E-state index contributed by atoms with van der Waals surface area (Å²) < 4.78 is 12.4. The largest absolute Gasteiger partial charge is 0.419 e. The zero-order valence-electron chi connectivity index (χ0n) is 14.7. The summed E-state index contributed by atoms with van der Waals surface area (Å²) in [5, 5.41) is 4.76. The zero-order valence-corrected chi connectivity index (χ0v) is 15.6. The maximum absolute atomic E-state index is 6.18. The summed E-state index contributed by atoms with van der Waals surface area (Å²) >= 11 is 0. The van der Waals surface area contributed by atoms with Crippen LogP contribution in [0.15, 0.2) is 63.0 Å². The van der Waals surface area contributed by atoms with E-state index in [4.69, 9.17) is 8.39 Å². The SMILES string of the molecule is C/C=C\c1ccc2op(C)oc3ccc4ccccc4c3c2c1CC. The normalized spacial score (nSPS) is 12.5. The average Bonchev–Trinajstić information content (AvgIpc) is 2.77. The summed E-state index contributed by atoms with van der Waals surface area (Å²) in [5.41, 5.74) is 4.39. The Balaban J connectivity index is 2.38. The molecule has 3 aromatic carbocycles. The standard InChI is InChI=1S/C22H21O2P/c1-4-8-15-11-13-19-21(17(15)5-2)22-18-10-7-6-9-16(18)12-14-20(22)24-25(3)23-19/h4,6-14H,5H2,1-3H3/b8-4-. The maximum Gasteiger partial charge on any atom is 0.213 e. The second kappa shape index (κ2) is 6.46. The van der Waals surface area contributed by atoms with E-state index < -0.39 is 8.01 Å². The fourth-order valence-corrected chi connectivity index (χ4v) is 4.49. The highest BCUT2D eigenvalue weighted by Crippen LogP contribution is 2.39. The lowest BCUT2D eigenvalue weighted by Gasteiger charge is -2.09. The van der Waals surface area contributed by atoms with Crippen molar-refractivity contribution >= 4 is 46.8 Å². The van der Waals surface area contributed by atoms with Gasteiger partial charge in [0.25, 0.3) is 0 Å². The van der Waals surface area contributed by atoms with Gasteiger partial charge in [-0.25, -0.2) is 0 Å². The van der Waals surface area contributed by atoms with E-state index in [9.17, 15) is 0 Å². The Morgan fingerprint density at radius 2 is 1.64 bits per heavy atom. The number of hydrogen-bond acceptors (Lipinski definition) is 2. The number of aryl methyl sites for hydroxylation is 2.